The predicted octanol–water partition coefficient (Wildman–Crippen LogP) is 2.02. The molecule has 1 aromatic carbocycles. The van der Waals surface area contributed by atoms with Crippen LogP contribution < -0.4 is 10.3 Å². The van der Waals surface area contributed by atoms with Crippen molar-refractivity contribution < 1.29 is 14.1 Å². The van der Waals surface area contributed by atoms with Crippen LogP contribution in [0.1, 0.15) is 11.9 Å². The average molecular weight is 284 g/mol. The van der Waals surface area contributed by atoms with E-state index in [1.165, 1.54) is 0 Å². The molecule has 0 saturated carbocycles. The van der Waals surface area contributed by atoms with E-state index >= 15 is 0 Å². The van der Waals surface area contributed by atoms with Gasteiger partial charge in [-0.25, -0.2) is 9.13 Å². The van der Waals surface area contributed by atoms with Gasteiger partial charge in [0.25, 0.3) is 0 Å². The van der Waals surface area contributed by atoms with E-state index in [2.05, 4.69) is 6.58 Å². The minimum Gasteiger partial charge on any atom is -0.466 e. The lowest BCUT2D eigenvalue weighted by Crippen LogP contribution is -2.39. The Morgan fingerprint density at radius 3 is 2.86 bits per heavy atom. The Balaban J connectivity index is 2.05. The van der Waals surface area contributed by atoms with Crippen LogP contribution in [0.25, 0.3) is 11.0 Å². The second kappa shape index (κ2) is 5.46. The smallest absolute Gasteiger partial charge is 0.356 e. The summed E-state index contributed by atoms with van der Waals surface area (Å²) >= 11 is 0. The van der Waals surface area contributed by atoms with Gasteiger partial charge in [-0.1, -0.05) is 24.8 Å². The van der Waals surface area contributed by atoms with Gasteiger partial charge in [-0.2, -0.15) is 0 Å². The molecule has 0 aliphatic rings. The van der Waals surface area contributed by atoms with E-state index in [1.54, 1.807) is 24.5 Å². The number of hydrogen-bond acceptors (Lipinski definition) is 3. The van der Waals surface area contributed by atoms with Crippen molar-refractivity contribution in [2.45, 2.75) is 19.2 Å². The van der Waals surface area contributed by atoms with Crippen LogP contribution in [0.4, 0.5) is 5.95 Å². The van der Waals surface area contributed by atoms with E-state index in [0.717, 1.165) is 11.0 Å². The maximum atomic E-state index is 10.3. The molecule has 0 aliphatic heterocycles. The molecule has 5 nitrogen and oxygen atoms in total. The summed E-state index contributed by atoms with van der Waals surface area (Å²) in [6.07, 6.45) is 2.61. The van der Waals surface area contributed by atoms with Crippen molar-refractivity contribution in [2.24, 2.45) is 0 Å². The van der Waals surface area contributed by atoms with Gasteiger partial charge in [0.05, 0.1) is 12.8 Å². The number of benzene rings is 1. The summed E-state index contributed by atoms with van der Waals surface area (Å²) in [4.78, 5) is 0. The molecule has 5 heteroatoms. The van der Waals surface area contributed by atoms with Crippen LogP contribution in [-0.4, -0.2) is 9.67 Å². The highest BCUT2D eigenvalue weighted by molar-refractivity contribution is 5.73. The average Bonchev–Trinajstić information content (AvgIpc) is 3.11. The molecule has 2 aromatic heterocycles. The topological polar surface area (TPSA) is 68.2 Å². The summed E-state index contributed by atoms with van der Waals surface area (Å²) < 4.78 is 9.11. The third kappa shape index (κ3) is 2.32. The highest BCUT2D eigenvalue weighted by Crippen LogP contribution is 2.19. The highest BCUT2D eigenvalue weighted by atomic mass is 16.4. The van der Waals surface area contributed by atoms with Crippen molar-refractivity contribution in [3.63, 3.8) is 0 Å². The number of rotatable bonds is 5. The molecular formula is C16H18N3O2+. The molecule has 0 aliphatic carbocycles. The third-order valence-corrected chi connectivity index (χ3v) is 3.56. The van der Waals surface area contributed by atoms with E-state index in [1.807, 2.05) is 33.4 Å². The van der Waals surface area contributed by atoms with E-state index in [9.17, 15) is 5.11 Å². The first-order valence-electron chi connectivity index (χ1n) is 6.81. The van der Waals surface area contributed by atoms with E-state index < -0.39 is 6.10 Å². The molecule has 108 valence electrons. The summed E-state index contributed by atoms with van der Waals surface area (Å²) in [5.41, 5.74) is 8.23. The number of nitrogen functional groups attached to an aromatic ring is 1. The highest BCUT2D eigenvalue weighted by Gasteiger charge is 2.23. The van der Waals surface area contributed by atoms with Crippen LogP contribution in [0.15, 0.2) is 59.7 Å². The summed E-state index contributed by atoms with van der Waals surface area (Å²) in [6, 6.07) is 11.4. The number of furan rings is 1. The molecule has 0 radical (unpaired) electrons. The summed E-state index contributed by atoms with van der Waals surface area (Å²) in [6.45, 7) is 4.72. The quantitative estimate of drug-likeness (QED) is 0.556. The van der Waals surface area contributed by atoms with Crippen LogP contribution in [0.2, 0.25) is 0 Å². The maximum Gasteiger partial charge on any atom is 0.356 e. The number of imidazole rings is 1. The van der Waals surface area contributed by atoms with Crippen LogP contribution in [-0.2, 0) is 13.1 Å². The maximum absolute atomic E-state index is 10.3. The lowest BCUT2D eigenvalue weighted by Gasteiger charge is -2.07. The van der Waals surface area contributed by atoms with Crippen molar-refractivity contribution in [1.29, 1.82) is 0 Å². The summed E-state index contributed by atoms with van der Waals surface area (Å²) in [5, 5.41) is 10.3. The Morgan fingerprint density at radius 1 is 1.33 bits per heavy atom. The number of fused-ring (bicyclic) bond motifs is 1. The number of hydrogen-bond donors (Lipinski definition) is 2. The molecule has 1 atom stereocenters. The van der Waals surface area contributed by atoms with Crippen molar-refractivity contribution >= 4 is 17.0 Å². The molecule has 2 heterocycles. The Bertz CT molecular complexity index is 759. The lowest BCUT2D eigenvalue weighted by molar-refractivity contribution is -0.666. The van der Waals surface area contributed by atoms with Crippen LogP contribution >= 0.6 is 0 Å². The van der Waals surface area contributed by atoms with Gasteiger partial charge in [0.15, 0.2) is 0 Å². The fourth-order valence-electron chi connectivity index (χ4n) is 2.57. The molecule has 21 heavy (non-hydrogen) atoms. The van der Waals surface area contributed by atoms with Gasteiger partial charge in [-0.3, -0.25) is 5.73 Å². The van der Waals surface area contributed by atoms with Crippen molar-refractivity contribution in [3.05, 3.63) is 61.1 Å². The number of para-hydroxylation sites is 2. The molecule has 0 bridgehead atoms. The first-order chi connectivity index (χ1) is 10.2. The monoisotopic (exact) mass is 284 g/mol. The van der Waals surface area contributed by atoms with E-state index in [4.69, 9.17) is 10.2 Å². The fraction of sp³-hybridized carbons (Fsp3) is 0.188. The van der Waals surface area contributed by atoms with Gasteiger partial charge >= 0.3 is 5.95 Å². The summed E-state index contributed by atoms with van der Waals surface area (Å²) in [7, 11) is 0. The fourth-order valence-corrected chi connectivity index (χ4v) is 2.57. The Morgan fingerprint density at radius 2 is 2.14 bits per heavy atom. The normalized spacial score (nSPS) is 12.6. The van der Waals surface area contributed by atoms with Gasteiger partial charge in [0, 0.05) is 0 Å². The van der Waals surface area contributed by atoms with E-state index in [0.29, 0.717) is 24.8 Å². The SMILES string of the molecule is C=CCn1c(N)[n+](CC(O)c2ccco2)c2ccccc21. The van der Waals surface area contributed by atoms with Gasteiger partial charge in [-0.05, 0) is 24.3 Å². The zero-order chi connectivity index (χ0) is 14.8. The largest absolute Gasteiger partial charge is 0.466 e. The van der Waals surface area contributed by atoms with Gasteiger partial charge < -0.3 is 9.52 Å². The molecule has 3 rings (SSSR count). The van der Waals surface area contributed by atoms with Crippen molar-refractivity contribution in [3.8, 4) is 0 Å². The number of aliphatic hydroxyl groups excluding tert-OH is 1. The van der Waals surface area contributed by atoms with Gasteiger partial charge in [0.1, 0.15) is 29.4 Å². The van der Waals surface area contributed by atoms with Gasteiger partial charge in [-0.15, -0.1) is 0 Å². The molecule has 3 N–H and O–H groups in total. The second-order valence-electron chi connectivity index (χ2n) is 4.89. The van der Waals surface area contributed by atoms with Gasteiger partial charge in [0.2, 0.25) is 0 Å². The minimum absolute atomic E-state index is 0.337. The van der Waals surface area contributed by atoms with Crippen molar-refractivity contribution in [2.75, 3.05) is 5.73 Å². The number of anilines is 1. The molecule has 1 unspecified atom stereocenters. The number of aromatic nitrogens is 2. The molecule has 0 saturated heterocycles. The van der Waals surface area contributed by atoms with Crippen LogP contribution in [0.3, 0.4) is 0 Å². The molecule has 0 fully saturated rings. The van der Waals surface area contributed by atoms with Crippen LogP contribution in [0, 0.1) is 0 Å². The predicted molar refractivity (Wildman–Crippen MR) is 80.4 cm³/mol. The lowest BCUT2D eigenvalue weighted by atomic mass is 10.2. The van der Waals surface area contributed by atoms with E-state index in [-0.39, 0.29) is 0 Å². The zero-order valence-corrected chi connectivity index (χ0v) is 11.6. The molecule has 0 spiro atoms. The Hall–Kier alpha value is -2.53. The Labute approximate surface area is 122 Å². The molecular weight excluding hydrogens is 266 g/mol. The van der Waals surface area contributed by atoms with Crippen LogP contribution in [0.5, 0.6) is 0 Å². The number of aliphatic hydroxyl groups is 1. The Kier molecular flexibility index (Phi) is 3.50. The molecule has 0 amide bonds. The number of allylic oxidation sites excluding steroid dienone is 1. The van der Waals surface area contributed by atoms with Crippen molar-refractivity contribution in [1.82, 2.24) is 4.57 Å². The standard InChI is InChI=1S/C16H17N3O2/c1-2-9-18-12-6-3-4-7-13(12)19(16(18)17)11-14(20)15-8-5-10-21-15/h2-8,10,14,17,20H,1,9,11H2/p+1. The number of nitrogens with zero attached hydrogens (tertiary/aromatic N) is 2. The summed E-state index contributed by atoms with van der Waals surface area (Å²) in [5.74, 6) is 1.11. The minimum atomic E-state index is -0.740. The third-order valence-electron chi connectivity index (χ3n) is 3.56. The zero-order valence-electron chi connectivity index (χ0n) is 11.6. The first-order valence-corrected chi connectivity index (χ1v) is 6.81. The number of nitrogens with two attached hydrogens (primary N) is 1. The first kappa shape index (κ1) is 13.5. The second-order valence-corrected chi connectivity index (χ2v) is 4.89. The molecule has 3 aromatic rings.